The second kappa shape index (κ2) is 4.92. The van der Waals surface area contributed by atoms with Gasteiger partial charge in [0.15, 0.2) is 18.2 Å². The fourth-order valence-electron chi connectivity index (χ4n) is 1.21. The van der Waals surface area contributed by atoms with Gasteiger partial charge in [-0.1, -0.05) is 12.1 Å². The predicted molar refractivity (Wildman–Crippen MR) is 57.6 cm³/mol. The molecule has 2 N–H and O–H groups in total. The summed E-state index contributed by atoms with van der Waals surface area (Å²) >= 11 is 0. The van der Waals surface area contributed by atoms with E-state index in [1.807, 2.05) is 0 Å². The van der Waals surface area contributed by atoms with Crippen molar-refractivity contribution in [3.05, 3.63) is 41.9 Å². The van der Waals surface area contributed by atoms with Crippen molar-refractivity contribution in [1.82, 2.24) is 10.2 Å². The number of para-hydroxylation sites is 1. The van der Waals surface area contributed by atoms with E-state index in [1.165, 1.54) is 12.1 Å². The van der Waals surface area contributed by atoms with Crippen LogP contribution in [0.5, 0.6) is 5.75 Å². The highest BCUT2D eigenvalue weighted by Gasteiger charge is 2.11. The van der Waals surface area contributed by atoms with Gasteiger partial charge in [0.2, 0.25) is 5.89 Å². The average Bonchev–Trinajstić information content (AvgIpc) is 2.77. The van der Waals surface area contributed by atoms with Gasteiger partial charge in [-0.3, -0.25) is 0 Å². The minimum Gasteiger partial charge on any atom is -0.481 e. The van der Waals surface area contributed by atoms with Crippen LogP contribution >= 0.6 is 0 Å². The van der Waals surface area contributed by atoms with E-state index in [9.17, 15) is 4.39 Å². The zero-order chi connectivity index (χ0) is 12.3. The Morgan fingerprint density at radius 1 is 1.41 bits per heavy atom. The third kappa shape index (κ3) is 2.79. The Morgan fingerprint density at radius 3 is 2.82 bits per heavy atom. The molecule has 0 amide bonds. The maximum absolute atomic E-state index is 13.2. The van der Waals surface area contributed by atoms with Gasteiger partial charge in [-0.05, 0) is 19.1 Å². The van der Waals surface area contributed by atoms with Gasteiger partial charge in [0.25, 0.3) is 5.89 Å². The van der Waals surface area contributed by atoms with E-state index in [-0.39, 0.29) is 24.3 Å². The number of hydrogen-bond acceptors (Lipinski definition) is 5. The normalized spacial score (nSPS) is 12.4. The van der Waals surface area contributed by atoms with Gasteiger partial charge < -0.3 is 14.9 Å². The summed E-state index contributed by atoms with van der Waals surface area (Å²) in [5.74, 6) is 0.310. The van der Waals surface area contributed by atoms with Crippen LogP contribution in [0.4, 0.5) is 4.39 Å². The van der Waals surface area contributed by atoms with Crippen LogP contribution in [0.1, 0.15) is 24.7 Å². The van der Waals surface area contributed by atoms with Crippen LogP contribution in [0, 0.1) is 5.82 Å². The molecule has 1 heterocycles. The predicted octanol–water partition coefficient (Wildman–Crippen LogP) is 1.81. The van der Waals surface area contributed by atoms with Gasteiger partial charge in [-0.25, -0.2) is 4.39 Å². The molecule has 0 fully saturated rings. The maximum atomic E-state index is 13.2. The minimum absolute atomic E-state index is 0.0145. The Hall–Kier alpha value is -1.95. The summed E-state index contributed by atoms with van der Waals surface area (Å²) in [6, 6.07) is 5.78. The molecule has 0 radical (unpaired) electrons. The van der Waals surface area contributed by atoms with E-state index in [1.54, 1.807) is 19.1 Å². The zero-order valence-corrected chi connectivity index (χ0v) is 9.26. The number of ether oxygens (including phenoxy) is 1. The van der Waals surface area contributed by atoms with E-state index in [4.69, 9.17) is 14.9 Å². The van der Waals surface area contributed by atoms with Crippen molar-refractivity contribution in [1.29, 1.82) is 0 Å². The highest BCUT2D eigenvalue weighted by molar-refractivity contribution is 5.23. The molecule has 5 nitrogen and oxygen atoms in total. The lowest BCUT2D eigenvalue weighted by atomic mass is 10.3. The summed E-state index contributed by atoms with van der Waals surface area (Å²) in [5, 5.41) is 7.47. The molecule has 1 aromatic carbocycles. The summed E-state index contributed by atoms with van der Waals surface area (Å²) in [7, 11) is 0. The van der Waals surface area contributed by atoms with E-state index < -0.39 is 5.82 Å². The van der Waals surface area contributed by atoms with E-state index >= 15 is 0 Å². The molecular weight excluding hydrogens is 225 g/mol. The molecule has 1 atom stereocenters. The first-order valence-electron chi connectivity index (χ1n) is 5.12. The summed E-state index contributed by atoms with van der Waals surface area (Å²) in [6.45, 7) is 1.75. The summed E-state index contributed by atoms with van der Waals surface area (Å²) in [4.78, 5) is 0. The summed E-state index contributed by atoms with van der Waals surface area (Å²) in [6.07, 6.45) is 0. The first kappa shape index (κ1) is 11.5. The second-order valence-electron chi connectivity index (χ2n) is 3.54. The molecule has 0 aliphatic carbocycles. The number of rotatable bonds is 4. The number of nitrogens with zero attached hydrogens (tertiary/aromatic N) is 2. The largest absolute Gasteiger partial charge is 0.481 e. The van der Waals surface area contributed by atoms with Crippen molar-refractivity contribution in [2.24, 2.45) is 5.73 Å². The van der Waals surface area contributed by atoms with Gasteiger partial charge in [-0.2, -0.15) is 0 Å². The molecule has 1 aromatic heterocycles. The molecule has 2 aromatic rings. The van der Waals surface area contributed by atoms with Gasteiger partial charge in [0.1, 0.15) is 0 Å². The van der Waals surface area contributed by atoms with Crippen molar-refractivity contribution in [2.45, 2.75) is 19.6 Å². The number of benzene rings is 1. The summed E-state index contributed by atoms with van der Waals surface area (Å²) in [5.41, 5.74) is 5.56. The molecule has 0 saturated carbocycles. The molecule has 2 rings (SSSR count). The third-order valence-electron chi connectivity index (χ3n) is 2.06. The molecule has 17 heavy (non-hydrogen) atoms. The molecule has 0 bridgehead atoms. The third-order valence-corrected chi connectivity index (χ3v) is 2.06. The second-order valence-corrected chi connectivity index (χ2v) is 3.54. The van der Waals surface area contributed by atoms with Crippen LogP contribution in [0.25, 0.3) is 0 Å². The van der Waals surface area contributed by atoms with Crippen LogP contribution in [-0.2, 0) is 6.61 Å². The van der Waals surface area contributed by atoms with Crippen LogP contribution in [-0.4, -0.2) is 10.2 Å². The van der Waals surface area contributed by atoms with E-state index in [0.29, 0.717) is 5.89 Å². The van der Waals surface area contributed by atoms with Crippen LogP contribution in [0.15, 0.2) is 28.7 Å². The highest BCUT2D eigenvalue weighted by atomic mass is 19.1. The van der Waals surface area contributed by atoms with Crippen molar-refractivity contribution in [3.63, 3.8) is 0 Å². The Balaban J connectivity index is 2.00. The lowest BCUT2D eigenvalue weighted by Crippen LogP contribution is -2.04. The van der Waals surface area contributed by atoms with Crippen LogP contribution in [0.2, 0.25) is 0 Å². The lowest BCUT2D eigenvalue weighted by molar-refractivity contribution is 0.247. The fraction of sp³-hybridized carbons (Fsp3) is 0.273. The van der Waals surface area contributed by atoms with E-state index in [2.05, 4.69) is 10.2 Å². The lowest BCUT2D eigenvalue weighted by Gasteiger charge is -2.03. The average molecular weight is 237 g/mol. The van der Waals surface area contributed by atoms with Crippen LogP contribution < -0.4 is 10.5 Å². The van der Waals surface area contributed by atoms with Crippen LogP contribution in [0.3, 0.4) is 0 Å². The summed E-state index contributed by atoms with van der Waals surface area (Å²) < 4.78 is 23.6. The zero-order valence-electron chi connectivity index (χ0n) is 9.26. The molecule has 0 saturated heterocycles. The van der Waals surface area contributed by atoms with Crippen molar-refractivity contribution in [2.75, 3.05) is 0 Å². The van der Waals surface area contributed by atoms with Gasteiger partial charge >= 0.3 is 0 Å². The number of aromatic nitrogens is 2. The molecule has 0 aliphatic heterocycles. The molecule has 0 aliphatic rings. The topological polar surface area (TPSA) is 74.2 Å². The molecule has 0 spiro atoms. The number of nitrogens with two attached hydrogens (primary N) is 1. The Bertz CT molecular complexity index is 499. The minimum atomic E-state index is -0.431. The quantitative estimate of drug-likeness (QED) is 0.877. The molecule has 6 heteroatoms. The number of hydrogen-bond donors (Lipinski definition) is 1. The first-order chi connectivity index (χ1) is 8.16. The van der Waals surface area contributed by atoms with Gasteiger partial charge in [-0.15, -0.1) is 10.2 Å². The standard InChI is InChI=1S/C11H12FN3O2/c1-7(13)11-15-14-10(17-11)6-16-9-5-3-2-4-8(9)12/h2-5,7H,6,13H2,1H3. The van der Waals surface area contributed by atoms with Crippen molar-refractivity contribution < 1.29 is 13.5 Å². The highest BCUT2D eigenvalue weighted by Crippen LogP contribution is 2.17. The van der Waals surface area contributed by atoms with E-state index in [0.717, 1.165) is 0 Å². The SMILES string of the molecule is CC(N)c1nnc(COc2ccccc2F)o1. The van der Waals surface area contributed by atoms with Gasteiger partial charge in [0, 0.05) is 0 Å². The van der Waals surface area contributed by atoms with Crippen molar-refractivity contribution >= 4 is 0 Å². The smallest absolute Gasteiger partial charge is 0.253 e. The Labute approximate surface area is 97.4 Å². The molecule has 90 valence electrons. The number of halogens is 1. The monoisotopic (exact) mass is 237 g/mol. The maximum Gasteiger partial charge on any atom is 0.253 e. The van der Waals surface area contributed by atoms with Gasteiger partial charge in [0.05, 0.1) is 6.04 Å². The first-order valence-corrected chi connectivity index (χ1v) is 5.12. The molecular formula is C11H12FN3O2. The fourth-order valence-corrected chi connectivity index (χ4v) is 1.21. The Kier molecular flexibility index (Phi) is 3.34. The molecule has 1 unspecified atom stereocenters. The Morgan fingerprint density at radius 2 is 2.18 bits per heavy atom. The van der Waals surface area contributed by atoms with Crippen molar-refractivity contribution in [3.8, 4) is 5.75 Å².